The Morgan fingerprint density at radius 3 is 2.65 bits per heavy atom. The van der Waals surface area contributed by atoms with Crippen molar-refractivity contribution in [1.82, 2.24) is 5.16 Å². The van der Waals surface area contributed by atoms with Gasteiger partial charge in [0.25, 0.3) is 0 Å². The molecule has 0 fully saturated rings. The van der Waals surface area contributed by atoms with Gasteiger partial charge in [0, 0.05) is 11.6 Å². The van der Waals surface area contributed by atoms with Gasteiger partial charge in [0.15, 0.2) is 12.0 Å². The molecule has 0 bridgehead atoms. The molecule has 1 heterocycles. The van der Waals surface area contributed by atoms with Crippen LogP contribution < -0.4 is 9.47 Å². The van der Waals surface area contributed by atoms with E-state index in [1.807, 2.05) is 0 Å². The Hall–Kier alpha value is -2.30. The van der Waals surface area contributed by atoms with Gasteiger partial charge in [0.2, 0.25) is 0 Å². The fourth-order valence-corrected chi connectivity index (χ4v) is 1.49. The van der Waals surface area contributed by atoms with Gasteiger partial charge in [-0.15, -0.1) is 0 Å². The van der Waals surface area contributed by atoms with Gasteiger partial charge in [0.05, 0.1) is 14.2 Å². The summed E-state index contributed by atoms with van der Waals surface area (Å²) in [6, 6.07) is 6.86. The van der Waals surface area contributed by atoms with Crippen LogP contribution >= 0.6 is 0 Å². The quantitative estimate of drug-likeness (QED) is 0.757. The average Bonchev–Trinajstić information content (AvgIpc) is 2.86. The van der Waals surface area contributed by atoms with Crippen LogP contribution in [-0.4, -0.2) is 25.7 Å². The first-order valence-corrected chi connectivity index (χ1v) is 4.92. The van der Waals surface area contributed by atoms with Crippen LogP contribution in [0.4, 0.5) is 0 Å². The molecule has 2 rings (SSSR count). The van der Waals surface area contributed by atoms with E-state index in [1.165, 1.54) is 0 Å². The molecule has 0 saturated heterocycles. The number of hydrogen-bond donors (Lipinski definition) is 0. The molecule has 5 heteroatoms. The maximum atomic E-state index is 10.5. The zero-order valence-corrected chi connectivity index (χ0v) is 9.47. The van der Waals surface area contributed by atoms with E-state index in [0.717, 1.165) is 0 Å². The van der Waals surface area contributed by atoms with Crippen LogP contribution in [-0.2, 0) is 0 Å². The molecule has 88 valence electrons. The number of nitrogens with zero attached hydrogens (tertiary/aromatic N) is 1. The molecule has 0 aliphatic carbocycles. The van der Waals surface area contributed by atoms with E-state index in [4.69, 9.17) is 14.0 Å². The number of hydrogen-bond acceptors (Lipinski definition) is 5. The van der Waals surface area contributed by atoms with Crippen molar-refractivity contribution in [2.45, 2.75) is 0 Å². The number of methoxy groups -OCH3 is 2. The minimum absolute atomic E-state index is 0.171. The highest BCUT2D eigenvalue weighted by atomic mass is 16.5. The van der Waals surface area contributed by atoms with E-state index in [9.17, 15) is 4.79 Å². The highest BCUT2D eigenvalue weighted by Crippen LogP contribution is 2.32. The van der Waals surface area contributed by atoms with Gasteiger partial charge in [0.1, 0.15) is 17.2 Å². The average molecular weight is 233 g/mol. The second kappa shape index (κ2) is 4.69. The monoisotopic (exact) mass is 233 g/mol. The van der Waals surface area contributed by atoms with Crippen LogP contribution in [0.1, 0.15) is 10.6 Å². The van der Waals surface area contributed by atoms with Crippen molar-refractivity contribution in [3.63, 3.8) is 0 Å². The van der Waals surface area contributed by atoms with E-state index in [0.29, 0.717) is 29.0 Å². The lowest BCUT2D eigenvalue weighted by Crippen LogP contribution is -1.90. The van der Waals surface area contributed by atoms with Gasteiger partial charge in [-0.25, -0.2) is 0 Å². The number of rotatable bonds is 4. The molecular weight excluding hydrogens is 222 g/mol. The number of carbonyl (C=O) groups is 1. The van der Waals surface area contributed by atoms with E-state index in [-0.39, 0.29) is 5.76 Å². The third-order valence-corrected chi connectivity index (χ3v) is 2.33. The molecule has 0 aliphatic rings. The second-order valence-electron chi connectivity index (χ2n) is 3.30. The first-order chi connectivity index (χ1) is 8.28. The summed E-state index contributed by atoms with van der Waals surface area (Å²) in [6.45, 7) is 0. The molecule has 0 aliphatic heterocycles. The topological polar surface area (TPSA) is 61.6 Å². The maximum absolute atomic E-state index is 10.5. The molecule has 1 aromatic carbocycles. The lowest BCUT2D eigenvalue weighted by atomic mass is 10.1. The van der Waals surface area contributed by atoms with Crippen LogP contribution in [0.5, 0.6) is 11.5 Å². The summed E-state index contributed by atoms with van der Waals surface area (Å²) in [6.07, 6.45) is 0.600. The second-order valence-corrected chi connectivity index (χ2v) is 3.30. The number of ether oxygens (including phenoxy) is 2. The summed E-state index contributed by atoms with van der Waals surface area (Å²) in [5.41, 5.74) is 1.24. The SMILES string of the molecule is COc1ccc(OC)c(-c2cc(C=O)on2)c1. The Kier molecular flexibility index (Phi) is 3.09. The van der Waals surface area contributed by atoms with Crippen molar-refractivity contribution in [1.29, 1.82) is 0 Å². The van der Waals surface area contributed by atoms with Crippen molar-refractivity contribution >= 4 is 6.29 Å². The normalized spacial score (nSPS) is 10.0. The zero-order chi connectivity index (χ0) is 12.3. The molecule has 0 radical (unpaired) electrons. The molecule has 0 saturated carbocycles. The smallest absolute Gasteiger partial charge is 0.199 e. The zero-order valence-electron chi connectivity index (χ0n) is 9.47. The number of carbonyl (C=O) groups excluding carboxylic acids is 1. The Bertz CT molecular complexity index is 533. The third kappa shape index (κ3) is 2.13. The molecule has 1 aromatic heterocycles. The minimum Gasteiger partial charge on any atom is -0.497 e. The fourth-order valence-electron chi connectivity index (χ4n) is 1.49. The highest BCUT2D eigenvalue weighted by molar-refractivity contribution is 5.76. The molecule has 17 heavy (non-hydrogen) atoms. The number of aldehydes is 1. The first-order valence-electron chi connectivity index (χ1n) is 4.92. The van der Waals surface area contributed by atoms with Gasteiger partial charge in [-0.05, 0) is 18.2 Å². The highest BCUT2D eigenvalue weighted by Gasteiger charge is 2.12. The molecular formula is C12H11NO4. The van der Waals surface area contributed by atoms with E-state index in [1.54, 1.807) is 38.5 Å². The summed E-state index contributed by atoms with van der Waals surface area (Å²) in [5.74, 6) is 1.48. The van der Waals surface area contributed by atoms with Gasteiger partial charge in [-0.2, -0.15) is 0 Å². The fraction of sp³-hybridized carbons (Fsp3) is 0.167. The summed E-state index contributed by atoms with van der Waals surface area (Å²) in [5, 5.41) is 3.80. The molecule has 2 aromatic rings. The van der Waals surface area contributed by atoms with Crippen LogP contribution in [0.2, 0.25) is 0 Å². The minimum atomic E-state index is 0.171. The summed E-state index contributed by atoms with van der Waals surface area (Å²) in [7, 11) is 3.14. The largest absolute Gasteiger partial charge is 0.497 e. The molecule has 0 atom stereocenters. The van der Waals surface area contributed by atoms with Crippen LogP contribution in [0.15, 0.2) is 28.8 Å². The standard InChI is InChI=1S/C12H11NO4/c1-15-8-3-4-12(16-2)10(5-8)11-6-9(7-14)17-13-11/h3-7H,1-2H3. The van der Waals surface area contributed by atoms with Crippen LogP contribution in [0.3, 0.4) is 0 Å². The van der Waals surface area contributed by atoms with Crippen molar-refractivity contribution < 1.29 is 18.8 Å². The van der Waals surface area contributed by atoms with E-state index < -0.39 is 0 Å². The lowest BCUT2D eigenvalue weighted by Gasteiger charge is -2.07. The van der Waals surface area contributed by atoms with Crippen molar-refractivity contribution in [3.05, 3.63) is 30.0 Å². The van der Waals surface area contributed by atoms with Crippen LogP contribution in [0.25, 0.3) is 11.3 Å². The maximum Gasteiger partial charge on any atom is 0.199 e. The van der Waals surface area contributed by atoms with Gasteiger partial charge in [-0.1, -0.05) is 5.16 Å². The van der Waals surface area contributed by atoms with Crippen LogP contribution in [0, 0.1) is 0 Å². The molecule has 5 nitrogen and oxygen atoms in total. The van der Waals surface area contributed by atoms with Gasteiger partial charge in [-0.3, -0.25) is 4.79 Å². The summed E-state index contributed by atoms with van der Waals surface area (Å²) in [4.78, 5) is 10.5. The van der Waals surface area contributed by atoms with Gasteiger partial charge >= 0.3 is 0 Å². The van der Waals surface area contributed by atoms with Crippen molar-refractivity contribution in [3.8, 4) is 22.8 Å². The van der Waals surface area contributed by atoms with E-state index >= 15 is 0 Å². The van der Waals surface area contributed by atoms with Crippen molar-refractivity contribution in [2.24, 2.45) is 0 Å². The summed E-state index contributed by atoms with van der Waals surface area (Å²) >= 11 is 0. The molecule has 0 amide bonds. The Morgan fingerprint density at radius 1 is 1.24 bits per heavy atom. The van der Waals surface area contributed by atoms with Gasteiger partial charge < -0.3 is 14.0 Å². The molecule has 0 N–H and O–H groups in total. The first kappa shape index (κ1) is 11.2. The molecule has 0 spiro atoms. The Balaban J connectivity index is 2.51. The predicted molar refractivity (Wildman–Crippen MR) is 60.4 cm³/mol. The van der Waals surface area contributed by atoms with E-state index in [2.05, 4.69) is 5.16 Å². The Morgan fingerprint density at radius 2 is 2.06 bits per heavy atom. The Labute approximate surface area is 97.9 Å². The number of aromatic nitrogens is 1. The van der Waals surface area contributed by atoms with Crippen molar-refractivity contribution in [2.75, 3.05) is 14.2 Å². The predicted octanol–water partition coefficient (Wildman–Crippen LogP) is 2.17. The number of benzene rings is 1. The molecule has 0 unspecified atom stereocenters. The summed E-state index contributed by atoms with van der Waals surface area (Å²) < 4.78 is 15.2. The lowest BCUT2D eigenvalue weighted by molar-refractivity contribution is 0.109. The third-order valence-electron chi connectivity index (χ3n) is 2.33.